The van der Waals surface area contributed by atoms with Crippen LogP contribution >= 0.6 is 23.2 Å². The molecule has 0 spiro atoms. The van der Waals surface area contributed by atoms with Crippen molar-refractivity contribution in [2.24, 2.45) is 0 Å². The summed E-state index contributed by atoms with van der Waals surface area (Å²) in [6.45, 7) is 1.46. The van der Waals surface area contributed by atoms with E-state index < -0.39 is 0 Å². The third-order valence-corrected chi connectivity index (χ3v) is 4.31. The third-order valence-electron chi connectivity index (χ3n) is 3.57. The van der Waals surface area contributed by atoms with Crippen molar-refractivity contribution < 1.29 is 14.0 Å². The number of nitrogens with one attached hydrogen (secondary N) is 1. The third kappa shape index (κ3) is 5.44. The van der Waals surface area contributed by atoms with E-state index in [1.54, 1.807) is 30.3 Å². The molecule has 0 aromatic heterocycles. The summed E-state index contributed by atoms with van der Waals surface area (Å²) in [6.07, 6.45) is 0.366. The van der Waals surface area contributed by atoms with Gasteiger partial charge in [0, 0.05) is 19.2 Å². The van der Waals surface area contributed by atoms with E-state index in [1.807, 2.05) is 0 Å². The van der Waals surface area contributed by atoms with Crippen molar-refractivity contribution in [3.63, 3.8) is 0 Å². The lowest BCUT2D eigenvalue weighted by molar-refractivity contribution is -0.123. The largest absolute Gasteiger partial charge is 0.354 e. The number of hydrogen-bond donors (Lipinski definition) is 1. The highest BCUT2D eigenvalue weighted by molar-refractivity contribution is 6.42. The molecule has 1 N–H and O–H groups in total. The molecule has 0 radical (unpaired) electrons. The van der Waals surface area contributed by atoms with E-state index in [1.165, 1.54) is 24.0 Å². The smallest absolute Gasteiger partial charge is 0.240 e. The van der Waals surface area contributed by atoms with Crippen LogP contribution in [0.5, 0.6) is 0 Å². The summed E-state index contributed by atoms with van der Waals surface area (Å²) in [4.78, 5) is 25.2. The molecule has 2 rings (SSSR count). The number of hydrogen-bond acceptors (Lipinski definition) is 2. The highest BCUT2D eigenvalue weighted by atomic mass is 35.5. The van der Waals surface area contributed by atoms with Gasteiger partial charge in [0.2, 0.25) is 11.8 Å². The Morgan fingerprint density at radius 3 is 2.48 bits per heavy atom. The fraction of sp³-hybridized carbons (Fsp3) is 0.222. The molecule has 0 saturated heterocycles. The molecule has 0 aliphatic carbocycles. The van der Waals surface area contributed by atoms with Gasteiger partial charge in [-0.3, -0.25) is 9.59 Å². The van der Waals surface area contributed by atoms with Crippen molar-refractivity contribution in [2.45, 2.75) is 13.3 Å². The maximum atomic E-state index is 13.5. The van der Waals surface area contributed by atoms with Crippen LogP contribution < -0.4 is 10.2 Å². The Kier molecular flexibility index (Phi) is 6.79. The minimum Gasteiger partial charge on any atom is -0.354 e. The van der Waals surface area contributed by atoms with Gasteiger partial charge in [0.1, 0.15) is 12.4 Å². The van der Waals surface area contributed by atoms with Gasteiger partial charge in [-0.1, -0.05) is 41.4 Å². The van der Waals surface area contributed by atoms with Crippen molar-refractivity contribution in [1.82, 2.24) is 5.32 Å². The quantitative estimate of drug-likeness (QED) is 0.824. The Morgan fingerprint density at radius 2 is 1.84 bits per heavy atom. The van der Waals surface area contributed by atoms with E-state index in [9.17, 15) is 14.0 Å². The van der Waals surface area contributed by atoms with Crippen molar-refractivity contribution in [3.05, 3.63) is 63.9 Å². The van der Waals surface area contributed by atoms with Gasteiger partial charge >= 0.3 is 0 Å². The molecule has 0 fully saturated rings. The standard InChI is InChI=1S/C18H17Cl2FN2O2/c1-12(24)23(14-6-7-15(19)16(20)10-14)11-18(25)22-9-8-13-4-2-3-5-17(13)21/h2-7,10H,8-9,11H2,1H3,(H,22,25). The van der Waals surface area contributed by atoms with Crippen LogP contribution in [-0.2, 0) is 16.0 Å². The molecule has 0 unspecified atom stereocenters. The number of carbonyl (C=O) groups excluding carboxylic acids is 2. The highest BCUT2D eigenvalue weighted by Gasteiger charge is 2.16. The van der Waals surface area contributed by atoms with E-state index in [0.29, 0.717) is 27.7 Å². The summed E-state index contributed by atoms with van der Waals surface area (Å²) >= 11 is 11.8. The predicted octanol–water partition coefficient (Wildman–Crippen LogP) is 3.84. The fourth-order valence-corrected chi connectivity index (χ4v) is 2.57. The zero-order valence-corrected chi connectivity index (χ0v) is 15.1. The SMILES string of the molecule is CC(=O)N(CC(=O)NCCc1ccccc1F)c1ccc(Cl)c(Cl)c1. The molecular formula is C18H17Cl2FN2O2. The van der Waals surface area contributed by atoms with Crippen LogP contribution in [0.15, 0.2) is 42.5 Å². The lowest BCUT2D eigenvalue weighted by Gasteiger charge is -2.21. The topological polar surface area (TPSA) is 49.4 Å². The molecular weight excluding hydrogens is 366 g/mol. The maximum absolute atomic E-state index is 13.5. The summed E-state index contributed by atoms with van der Waals surface area (Å²) in [6, 6.07) is 11.1. The minimum atomic E-state index is -0.349. The normalized spacial score (nSPS) is 10.4. The van der Waals surface area contributed by atoms with Crippen LogP contribution in [-0.4, -0.2) is 24.9 Å². The Labute approximate surface area is 155 Å². The summed E-state index contributed by atoms with van der Waals surface area (Å²) in [5.41, 5.74) is 1.00. The number of halogens is 3. The fourth-order valence-electron chi connectivity index (χ4n) is 2.27. The van der Waals surface area contributed by atoms with Crippen molar-refractivity contribution in [3.8, 4) is 0 Å². The molecule has 4 nitrogen and oxygen atoms in total. The van der Waals surface area contributed by atoms with Gasteiger partial charge in [0.05, 0.1) is 10.0 Å². The first kappa shape index (κ1) is 19.2. The second-order valence-corrected chi connectivity index (χ2v) is 6.21. The highest BCUT2D eigenvalue weighted by Crippen LogP contribution is 2.27. The van der Waals surface area contributed by atoms with Crippen LogP contribution in [0.2, 0.25) is 10.0 Å². The van der Waals surface area contributed by atoms with Gasteiger partial charge in [-0.05, 0) is 36.2 Å². The van der Waals surface area contributed by atoms with Gasteiger partial charge in [-0.15, -0.1) is 0 Å². The van der Waals surface area contributed by atoms with Crippen molar-refractivity contribution in [1.29, 1.82) is 0 Å². The Morgan fingerprint density at radius 1 is 1.12 bits per heavy atom. The Hall–Kier alpha value is -2.11. The summed E-state index contributed by atoms with van der Waals surface area (Å²) in [5.74, 6) is -0.960. The monoisotopic (exact) mass is 382 g/mol. The first-order valence-corrected chi connectivity index (χ1v) is 8.37. The van der Waals surface area contributed by atoms with Gasteiger partial charge in [0.25, 0.3) is 0 Å². The molecule has 0 atom stereocenters. The minimum absolute atomic E-state index is 0.162. The molecule has 132 valence electrons. The predicted molar refractivity (Wildman–Crippen MR) is 97.6 cm³/mol. The lowest BCUT2D eigenvalue weighted by atomic mass is 10.1. The zero-order valence-electron chi connectivity index (χ0n) is 13.6. The zero-order chi connectivity index (χ0) is 18.4. The summed E-state index contributed by atoms with van der Waals surface area (Å²) < 4.78 is 13.5. The summed E-state index contributed by atoms with van der Waals surface area (Å²) in [7, 11) is 0. The second-order valence-electron chi connectivity index (χ2n) is 5.39. The van der Waals surface area contributed by atoms with E-state index >= 15 is 0 Å². The van der Waals surface area contributed by atoms with E-state index in [-0.39, 0.29) is 30.7 Å². The molecule has 2 amide bonds. The van der Waals surface area contributed by atoms with E-state index in [0.717, 1.165) is 0 Å². The van der Waals surface area contributed by atoms with Gasteiger partial charge < -0.3 is 10.2 Å². The number of anilines is 1. The Bertz CT molecular complexity index is 783. The van der Waals surface area contributed by atoms with Gasteiger partial charge in [-0.25, -0.2) is 4.39 Å². The number of amides is 2. The van der Waals surface area contributed by atoms with Crippen LogP contribution in [0.3, 0.4) is 0 Å². The number of nitrogens with zero attached hydrogens (tertiary/aromatic N) is 1. The average molecular weight is 383 g/mol. The maximum Gasteiger partial charge on any atom is 0.240 e. The lowest BCUT2D eigenvalue weighted by Crippen LogP contribution is -2.40. The second kappa shape index (κ2) is 8.83. The Balaban J connectivity index is 1.95. The molecule has 2 aromatic carbocycles. The van der Waals surface area contributed by atoms with E-state index in [2.05, 4.69) is 5.32 Å². The van der Waals surface area contributed by atoms with Crippen LogP contribution in [0.1, 0.15) is 12.5 Å². The summed E-state index contributed by atoms with van der Waals surface area (Å²) in [5, 5.41) is 3.34. The molecule has 0 aliphatic heterocycles. The van der Waals surface area contributed by atoms with Gasteiger partial charge in [0.15, 0.2) is 0 Å². The number of carbonyl (C=O) groups is 2. The molecule has 0 heterocycles. The van der Waals surface area contributed by atoms with Gasteiger partial charge in [-0.2, -0.15) is 0 Å². The molecule has 0 saturated carbocycles. The van der Waals surface area contributed by atoms with Crippen molar-refractivity contribution >= 4 is 40.7 Å². The molecule has 25 heavy (non-hydrogen) atoms. The average Bonchev–Trinajstić information content (AvgIpc) is 2.57. The number of benzene rings is 2. The molecule has 0 aliphatic rings. The molecule has 0 bridgehead atoms. The van der Waals surface area contributed by atoms with Crippen LogP contribution in [0.25, 0.3) is 0 Å². The van der Waals surface area contributed by atoms with Crippen LogP contribution in [0.4, 0.5) is 10.1 Å². The number of rotatable bonds is 6. The van der Waals surface area contributed by atoms with Crippen molar-refractivity contribution in [2.75, 3.05) is 18.0 Å². The molecule has 7 heteroatoms. The van der Waals surface area contributed by atoms with Crippen LogP contribution in [0, 0.1) is 5.82 Å². The first-order valence-electron chi connectivity index (χ1n) is 7.61. The van der Waals surface area contributed by atoms with E-state index in [4.69, 9.17) is 23.2 Å². The molecule has 2 aromatic rings. The first-order chi connectivity index (χ1) is 11.9.